The fourth-order valence-corrected chi connectivity index (χ4v) is 5.19. The lowest BCUT2D eigenvalue weighted by Gasteiger charge is -2.34. The molecule has 16 nitrogen and oxygen atoms in total. The number of nitrogens with zero attached hydrogens (tertiary/aromatic N) is 4. The summed E-state index contributed by atoms with van der Waals surface area (Å²) in [5.41, 5.74) is -1.92. The Morgan fingerprint density at radius 2 is 0.782 bits per heavy atom. The van der Waals surface area contributed by atoms with Crippen molar-refractivity contribution in [3.8, 4) is 12.3 Å². The van der Waals surface area contributed by atoms with Gasteiger partial charge in [0.25, 0.3) is 0 Å². The highest BCUT2D eigenvalue weighted by atomic mass is 16.6. The Hall–Kier alpha value is -2.88. The highest BCUT2D eigenvalue weighted by Crippen LogP contribution is 2.11. The molecule has 0 saturated carbocycles. The van der Waals surface area contributed by atoms with Crippen LogP contribution in [0.1, 0.15) is 62.3 Å². The molecule has 0 bridgehead atoms. The summed E-state index contributed by atoms with van der Waals surface area (Å²) in [5.74, 6) is 1.16. The van der Waals surface area contributed by atoms with E-state index in [4.69, 9.17) is 39.6 Å². The van der Waals surface area contributed by atoms with Gasteiger partial charge in [-0.05, 0) is 62.3 Å². The van der Waals surface area contributed by atoms with Crippen LogP contribution >= 0.6 is 0 Å². The quantitative estimate of drug-likeness (QED) is 0.0762. The fourth-order valence-electron chi connectivity index (χ4n) is 5.19. The van der Waals surface area contributed by atoms with Gasteiger partial charge < -0.3 is 38.5 Å². The van der Waals surface area contributed by atoms with E-state index in [2.05, 4.69) is 11.2 Å². The van der Waals surface area contributed by atoms with Gasteiger partial charge in [0, 0.05) is 58.9 Å². The fraction of sp³-hybridized carbons (Fsp3) is 0.846. The number of carbonyl (C=O) groups is 4. The average molecular weight is 786 g/mol. The molecule has 318 valence electrons. The Morgan fingerprint density at radius 3 is 1.09 bits per heavy atom. The molecule has 1 rings (SSSR count). The predicted molar refractivity (Wildman–Crippen MR) is 208 cm³/mol. The van der Waals surface area contributed by atoms with Crippen LogP contribution in [0.15, 0.2) is 0 Å². The summed E-state index contributed by atoms with van der Waals surface area (Å²) in [6, 6.07) is 0. The molecule has 1 saturated heterocycles. The molecule has 0 radical (unpaired) electrons. The van der Waals surface area contributed by atoms with Gasteiger partial charge in [0.15, 0.2) is 0 Å². The Labute approximate surface area is 330 Å². The largest absolute Gasteiger partial charge is 0.459 e. The van der Waals surface area contributed by atoms with Gasteiger partial charge in [0.2, 0.25) is 5.91 Å². The Bertz CT molecular complexity index is 1110. The molecule has 16 heteroatoms. The molecule has 0 unspecified atom stereocenters. The number of amides is 1. The standard InChI is InChI=1S/C39H71N5O11/c1-11-21-49-23-25-51-27-28-52-26-24-50-22-12-40-33(45)29-41-13-15-42(30-34(46)53-37(2,3)4)17-19-44(32-36(48)55-39(8,9)10)20-18-43(16-14-41)31-35(47)54-38(5,6)7/h1H,12-32H2,2-10H3,(H,40,45). The van der Waals surface area contributed by atoms with Crippen LogP contribution in [0, 0.1) is 12.3 Å². The lowest BCUT2D eigenvalue weighted by molar-refractivity contribution is -0.158. The molecule has 0 atom stereocenters. The van der Waals surface area contributed by atoms with Crippen LogP contribution in [0.4, 0.5) is 0 Å². The van der Waals surface area contributed by atoms with E-state index in [0.717, 1.165) is 0 Å². The van der Waals surface area contributed by atoms with Crippen LogP contribution in [0.25, 0.3) is 0 Å². The van der Waals surface area contributed by atoms with Gasteiger partial charge in [-0.2, -0.15) is 0 Å². The Morgan fingerprint density at radius 1 is 0.491 bits per heavy atom. The summed E-state index contributed by atoms with van der Waals surface area (Å²) < 4.78 is 38.5. The molecule has 1 fully saturated rings. The number of ether oxygens (including phenoxy) is 7. The summed E-state index contributed by atoms with van der Waals surface area (Å²) in [7, 11) is 0. The number of rotatable bonds is 21. The molecule has 0 aromatic rings. The van der Waals surface area contributed by atoms with Crippen LogP contribution in [-0.4, -0.2) is 198 Å². The van der Waals surface area contributed by atoms with Crippen LogP contribution < -0.4 is 5.32 Å². The summed E-state index contributed by atoms with van der Waals surface area (Å²) >= 11 is 0. The third kappa shape index (κ3) is 30.0. The molecule has 0 aromatic carbocycles. The molecule has 1 aliphatic rings. The van der Waals surface area contributed by atoms with Crippen LogP contribution in [-0.2, 0) is 52.3 Å². The van der Waals surface area contributed by atoms with E-state index in [1.54, 1.807) is 0 Å². The van der Waals surface area contributed by atoms with Crippen molar-refractivity contribution in [3.05, 3.63) is 0 Å². The highest BCUT2D eigenvalue weighted by Gasteiger charge is 2.26. The second kappa shape index (κ2) is 26.9. The lowest BCUT2D eigenvalue weighted by Crippen LogP contribution is -2.50. The van der Waals surface area contributed by atoms with Crippen LogP contribution in [0.2, 0.25) is 0 Å². The minimum Gasteiger partial charge on any atom is -0.459 e. The van der Waals surface area contributed by atoms with Crippen molar-refractivity contribution in [1.29, 1.82) is 0 Å². The number of nitrogens with one attached hydrogen (secondary N) is 1. The van der Waals surface area contributed by atoms with E-state index in [0.29, 0.717) is 105 Å². The van der Waals surface area contributed by atoms with Crippen molar-refractivity contribution >= 4 is 23.8 Å². The maximum Gasteiger partial charge on any atom is 0.320 e. The molecule has 0 spiro atoms. The molecular weight excluding hydrogens is 714 g/mol. The first-order valence-corrected chi connectivity index (χ1v) is 19.3. The zero-order chi connectivity index (χ0) is 41.3. The topological polar surface area (TPSA) is 158 Å². The second-order valence-electron chi connectivity index (χ2n) is 16.3. The van der Waals surface area contributed by atoms with E-state index in [1.165, 1.54) is 0 Å². The van der Waals surface area contributed by atoms with Crippen LogP contribution in [0.5, 0.6) is 0 Å². The number of hydrogen-bond acceptors (Lipinski definition) is 15. The SMILES string of the molecule is C#CCOCCOCCOCCOCCNC(=O)CN1CCN(CC(=O)OC(C)(C)C)CCN(CC(=O)OC(C)(C)C)CCN(CC(=O)OC(C)(C)C)CC1. The maximum atomic E-state index is 13.1. The summed E-state index contributed by atoms with van der Waals surface area (Å²) in [4.78, 5) is 59.8. The first kappa shape index (κ1) is 50.1. The number of hydrogen-bond donors (Lipinski definition) is 1. The minimum atomic E-state index is -0.640. The summed E-state index contributed by atoms with van der Waals surface area (Å²) in [6.07, 6.45) is 5.12. The van der Waals surface area contributed by atoms with E-state index in [-0.39, 0.29) is 56.6 Å². The minimum absolute atomic E-state index is 0.0541. The van der Waals surface area contributed by atoms with Crippen molar-refractivity contribution in [2.75, 3.05) is 138 Å². The molecule has 0 aliphatic carbocycles. The van der Waals surface area contributed by atoms with E-state index >= 15 is 0 Å². The van der Waals surface area contributed by atoms with Crippen molar-refractivity contribution in [2.45, 2.75) is 79.1 Å². The number of terminal acetylenes is 1. The zero-order valence-electron chi connectivity index (χ0n) is 35.2. The Balaban J connectivity index is 2.87. The normalized spacial score (nSPS) is 16.4. The summed E-state index contributed by atoms with van der Waals surface area (Å²) in [6.45, 7) is 23.9. The molecule has 1 heterocycles. The van der Waals surface area contributed by atoms with Crippen molar-refractivity contribution in [1.82, 2.24) is 24.9 Å². The van der Waals surface area contributed by atoms with E-state index in [9.17, 15) is 19.2 Å². The van der Waals surface area contributed by atoms with Gasteiger partial charge in [-0.25, -0.2) is 0 Å². The monoisotopic (exact) mass is 786 g/mol. The predicted octanol–water partition coefficient (Wildman–Crippen LogP) is 1.05. The van der Waals surface area contributed by atoms with Gasteiger partial charge in [0.05, 0.1) is 72.4 Å². The number of carbonyl (C=O) groups excluding carboxylic acids is 4. The molecule has 55 heavy (non-hydrogen) atoms. The number of esters is 3. The Kier molecular flexibility index (Phi) is 24.5. The van der Waals surface area contributed by atoms with Gasteiger partial charge >= 0.3 is 17.9 Å². The van der Waals surface area contributed by atoms with E-state index in [1.807, 2.05) is 81.9 Å². The first-order chi connectivity index (χ1) is 25.7. The molecule has 1 aliphatic heterocycles. The zero-order valence-corrected chi connectivity index (χ0v) is 35.2. The average Bonchev–Trinajstić information content (AvgIpc) is 3.03. The molecule has 1 N–H and O–H groups in total. The molecular formula is C39H71N5O11. The van der Waals surface area contributed by atoms with Crippen molar-refractivity contribution in [2.24, 2.45) is 0 Å². The highest BCUT2D eigenvalue weighted by molar-refractivity contribution is 5.78. The third-order valence-corrected chi connectivity index (χ3v) is 7.49. The molecule has 0 aromatic heterocycles. The maximum absolute atomic E-state index is 13.1. The van der Waals surface area contributed by atoms with Crippen molar-refractivity contribution < 1.29 is 52.3 Å². The smallest absolute Gasteiger partial charge is 0.320 e. The third-order valence-electron chi connectivity index (χ3n) is 7.49. The summed E-state index contributed by atoms with van der Waals surface area (Å²) in [5, 5.41) is 2.92. The van der Waals surface area contributed by atoms with Crippen LogP contribution in [0.3, 0.4) is 0 Å². The van der Waals surface area contributed by atoms with Gasteiger partial charge in [-0.15, -0.1) is 6.42 Å². The second-order valence-corrected chi connectivity index (χ2v) is 16.3. The van der Waals surface area contributed by atoms with Gasteiger partial charge in [-0.1, -0.05) is 5.92 Å². The molecule has 1 amide bonds. The lowest BCUT2D eigenvalue weighted by atomic mass is 10.2. The first-order valence-electron chi connectivity index (χ1n) is 19.3. The van der Waals surface area contributed by atoms with E-state index < -0.39 is 16.8 Å². The van der Waals surface area contributed by atoms with Gasteiger partial charge in [0.1, 0.15) is 23.4 Å². The van der Waals surface area contributed by atoms with Gasteiger partial charge in [-0.3, -0.25) is 38.8 Å². The van der Waals surface area contributed by atoms with Crippen molar-refractivity contribution in [3.63, 3.8) is 0 Å².